The lowest BCUT2D eigenvalue weighted by atomic mass is 10.0. The van der Waals surface area contributed by atoms with Crippen LogP contribution in [0.4, 0.5) is 10.5 Å². The number of nitrogens with one attached hydrogen (secondary N) is 3. The topological polar surface area (TPSA) is 96.1 Å². The maximum atomic E-state index is 13.0. The lowest BCUT2D eigenvalue weighted by Gasteiger charge is -2.23. The third-order valence-corrected chi connectivity index (χ3v) is 4.25. The standard InChI is InChI=1S/C23H26N4O3/c1-23(2,3)30-22(29)27-20(12-16-8-5-4-6-9-16)21(28)26-19-11-7-10-17(13-19)18-14-24-25-15-18/h4-11,13-15,20H,12H2,1-3H3,(H,24,25)(H,26,28)(H,27,29)/t20-/m0/s1. The molecule has 156 valence electrons. The molecule has 0 aliphatic heterocycles. The fraction of sp³-hybridized carbons (Fsp3) is 0.261. The highest BCUT2D eigenvalue weighted by atomic mass is 16.6. The first-order chi connectivity index (χ1) is 14.3. The van der Waals surface area contributed by atoms with Gasteiger partial charge in [-0.2, -0.15) is 5.10 Å². The summed E-state index contributed by atoms with van der Waals surface area (Å²) >= 11 is 0. The summed E-state index contributed by atoms with van der Waals surface area (Å²) in [6.45, 7) is 5.33. The number of amides is 2. The van der Waals surface area contributed by atoms with E-state index in [1.54, 1.807) is 39.2 Å². The number of hydrogen-bond acceptors (Lipinski definition) is 4. The summed E-state index contributed by atoms with van der Waals surface area (Å²) in [5.41, 5.74) is 2.74. The van der Waals surface area contributed by atoms with Crippen LogP contribution in [0.1, 0.15) is 26.3 Å². The number of anilines is 1. The van der Waals surface area contributed by atoms with Gasteiger partial charge in [0.05, 0.1) is 6.20 Å². The first-order valence-electron chi connectivity index (χ1n) is 9.74. The number of nitrogens with zero attached hydrogens (tertiary/aromatic N) is 1. The van der Waals surface area contributed by atoms with E-state index in [1.807, 2.05) is 48.5 Å². The van der Waals surface area contributed by atoms with Crippen molar-refractivity contribution in [2.24, 2.45) is 0 Å². The van der Waals surface area contributed by atoms with Crippen LogP contribution in [-0.2, 0) is 16.0 Å². The van der Waals surface area contributed by atoms with Crippen molar-refractivity contribution in [1.82, 2.24) is 15.5 Å². The maximum Gasteiger partial charge on any atom is 0.408 e. The molecule has 3 rings (SSSR count). The minimum absolute atomic E-state index is 0.325. The zero-order chi connectivity index (χ0) is 21.6. The number of carbonyl (C=O) groups is 2. The van der Waals surface area contributed by atoms with E-state index < -0.39 is 17.7 Å². The molecule has 7 heteroatoms. The number of benzene rings is 2. The number of ether oxygens (including phenoxy) is 1. The van der Waals surface area contributed by atoms with E-state index in [2.05, 4.69) is 20.8 Å². The number of rotatable bonds is 6. The number of aromatic amines is 1. The molecule has 0 aliphatic carbocycles. The molecule has 0 spiro atoms. The number of hydrogen-bond donors (Lipinski definition) is 3. The maximum absolute atomic E-state index is 13.0. The van der Waals surface area contributed by atoms with E-state index in [0.29, 0.717) is 12.1 Å². The minimum Gasteiger partial charge on any atom is -0.444 e. The Labute approximate surface area is 175 Å². The molecule has 0 aliphatic rings. The predicted octanol–water partition coefficient (Wildman–Crippen LogP) is 4.15. The van der Waals surface area contributed by atoms with Crippen LogP contribution in [0.15, 0.2) is 67.0 Å². The van der Waals surface area contributed by atoms with Crippen molar-refractivity contribution >= 4 is 17.7 Å². The molecule has 0 bridgehead atoms. The van der Waals surface area contributed by atoms with Crippen molar-refractivity contribution in [2.45, 2.75) is 38.8 Å². The smallest absolute Gasteiger partial charge is 0.408 e. The molecule has 0 saturated carbocycles. The number of H-pyrrole nitrogens is 1. The molecule has 1 heterocycles. The summed E-state index contributed by atoms with van der Waals surface area (Å²) in [7, 11) is 0. The zero-order valence-corrected chi connectivity index (χ0v) is 17.3. The van der Waals surface area contributed by atoms with Crippen LogP contribution >= 0.6 is 0 Å². The fourth-order valence-electron chi connectivity index (χ4n) is 2.92. The molecule has 3 N–H and O–H groups in total. The van der Waals surface area contributed by atoms with E-state index in [0.717, 1.165) is 16.7 Å². The Balaban J connectivity index is 1.75. The predicted molar refractivity (Wildman–Crippen MR) is 116 cm³/mol. The second-order valence-electron chi connectivity index (χ2n) is 7.95. The monoisotopic (exact) mass is 406 g/mol. The molecule has 0 saturated heterocycles. The van der Waals surface area contributed by atoms with E-state index in [-0.39, 0.29) is 5.91 Å². The van der Waals surface area contributed by atoms with Gasteiger partial charge in [-0.15, -0.1) is 0 Å². The molecule has 0 radical (unpaired) electrons. The van der Waals surface area contributed by atoms with Crippen molar-refractivity contribution in [3.63, 3.8) is 0 Å². The lowest BCUT2D eigenvalue weighted by molar-refractivity contribution is -0.118. The lowest BCUT2D eigenvalue weighted by Crippen LogP contribution is -2.47. The van der Waals surface area contributed by atoms with Crippen molar-refractivity contribution in [3.05, 3.63) is 72.6 Å². The van der Waals surface area contributed by atoms with Crippen molar-refractivity contribution in [1.29, 1.82) is 0 Å². The first kappa shape index (κ1) is 21.1. The highest BCUT2D eigenvalue weighted by molar-refractivity contribution is 5.97. The van der Waals surface area contributed by atoms with Gasteiger partial charge in [0, 0.05) is 23.9 Å². The quantitative estimate of drug-likeness (QED) is 0.573. The van der Waals surface area contributed by atoms with Gasteiger partial charge in [-0.05, 0) is 44.0 Å². The van der Waals surface area contributed by atoms with Gasteiger partial charge >= 0.3 is 6.09 Å². The molecule has 3 aromatic rings. The summed E-state index contributed by atoms with van der Waals surface area (Å²) in [6, 6.07) is 16.2. The second-order valence-corrected chi connectivity index (χ2v) is 7.95. The summed E-state index contributed by atoms with van der Waals surface area (Å²) in [5, 5.41) is 12.3. The zero-order valence-electron chi connectivity index (χ0n) is 17.3. The highest BCUT2D eigenvalue weighted by Crippen LogP contribution is 2.21. The molecule has 1 aromatic heterocycles. The average molecular weight is 406 g/mol. The molecular weight excluding hydrogens is 380 g/mol. The van der Waals surface area contributed by atoms with Gasteiger partial charge in [-0.1, -0.05) is 42.5 Å². The summed E-state index contributed by atoms with van der Waals surface area (Å²) < 4.78 is 5.33. The number of carbonyl (C=O) groups excluding carboxylic acids is 2. The Morgan fingerprint density at radius 3 is 2.50 bits per heavy atom. The van der Waals surface area contributed by atoms with Gasteiger partial charge in [0.1, 0.15) is 11.6 Å². The SMILES string of the molecule is CC(C)(C)OC(=O)N[C@@H](Cc1ccccc1)C(=O)Nc1cccc(-c2cn[nH]c2)c1. The summed E-state index contributed by atoms with van der Waals surface area (Å²) in [4.78, 5) is 25.3. The van der Waals surface area contributed by atoms with E-state index in [1.165, 1.54) is 0 Å². The van der Waals surface area contributed by atoms with E-state index >= 15 is 0 Å². The van der Waals surface area contributed by atoms with Crippen LogP contribution in [0, 0.1) is 0 Å². The Kier molecular flexibility index (Phi) is 6.51. The van der Waals surface area contributed by atoms with Crippen molar-refractivity contribution in [3.8, 4) is 11.1 Å². The van der Waals surface area contributed by atoms with Gasteiger partial charge in [-0.25, -0.2) is 4.79 Å². The molecule has 0 fully saturated rings. The van der Waals surface area contributed by atoms with E-state index in [9.17, 15) is 9.59 Å². The minimum atomic E-state index is -0.792. The summed E-state index contributed by atoms with van der Waals surface area (Å²) in [6.07, 6.45) is 3.20. The van der Waals surface area contributed by atoms with Crippen molar-refractivity contribution < 1.29 is 14.3 Å². The average Bonchev–Trinajstić information content (AvgIpc) is 3.22. The fourth-order valence-corrected chi connectivity index (χ4v) is 2.92. The van der Waals surface area contributed by atoms with Crippen LogP contribution in [0.3, 0.4) is 0 Å². The highest BCUT2D eigenvalue weighted by Gasteiger charge is 2.25. The molecule has 7 nitrogen and oxygen atoms in total. The molecule has 0 unspecified atom stereocenters. The molecular formula is C23H26N4O3. The van der Waals surface area contributed by atoms with E-state index in [4.69, 9.17) is 4.74 Å². The van der Waals surface area contributed by atoms with Crippen molar-refractivity contribution in [2.75, 3.05) is 5.32 Å². The molecule has 2 amide bonds. The number of aromatic nitrogens is 2. The van der Waals surface area contributed by atoms with Crippen LogP contribution in [0.25, 0.3) is 11.1 Å². The van der Waals surface area contributed by atoms with Crippen LogP contribution < -0.4 is 10.6 Å². The van der Waals surface area contributed by atoms with Crippen LogP contribution in [0.2, 0.25) is 0 Å². The second kappa shape index (κ2) is 9.26. The van der Waals surface area contributed by atoms with Crippen LogP contribution in [0.5, 0.6) is 0 Å². The van der Waals surface area contributed by atoms with Gasteiger partial charge in [0.2, 0.25) is 5.91 Å². The Morgan fingerprint density at radius 2 is 1.83 bits per heavy atom. The molecule has 2 aromatic carbocycles. The van der Waals surface area contributed by atoms with Gasteiger partial charge < -0.3 is 15.4 Å². The Morgan fingerprint density at radius 1 is 1.07 bits per heavy atom. The first-order valence-corrected chi connectivity index (χ1v) is 9.74. The van der Waals surface area contributed by atoms with Gasteiger partial charge in [0.25, 0.3) is 0 Å². The summed E-state index contributed by atoms with van der Waals surface area (Å²) in [5.74, 6) is -0.325. The Bertz CT molecular complexity index is 979. The van der Waals surface area contributed by atoms with Crippen LogP contribution in [-0.4, -0.2) is 33.8 Å². The normalized spacial score (nSPS) is 12.1. The Hall–Kier alpha value is -3.61. The largest absolute Gasteiger partial charge is 0.444 e. The third kappa shape index (κ3) is 6.20. The van der Waals surface area contributed by atoms with Gasteiger partial charge in [-0.3, -0.25) is 9.89 Å². The molecule has 30 heavy (non-hydrogen) atoms. The van der Waals surface area contributed by atoms with Gasteiger partial charge in [0.15, 0.2) is 0 Å². The molecule has 1 atom stereocenters. The third-order valence-electron chi connectivity index (χ3n) is 4.25. The number of alkyl carbamates (subject to hydrolysis) is 1.